The van der Waals surface area contributed by atoms with Crippen LogP contribution in [0.25, 0.3) is 0 Å². The molecule has 0 aliphatic heterocycles. The quantitative estimate of drug-likeness (QED) is 0.733. The van der Waals surface area contributed by atoms with Crippen LogP contribution in [-0.4, -0.2) is 32.2 Å². The van der Waals surface area contributed by atoms with Crippen molar-refractivity contribution in [3.05, 3.63) is 54.1 Å². The lowest BCUT2D eigenvalue weighted by atomic mass is 10.0. The Labute approximate surface area is 153 Å². The van der Waals surface area contributed by atoms with Crippen molar-refractivity contribution in [3.63, 3.8) is 0 Å². The number of ether oxygens (including phenoxy) is 3. The molecular weight excluding hydrogens is 334 g/mol. The van der Waals surface area contributed by atoms with Crippen LogP contribution in [0, 0.1) is 0 Å². The van der Waals surface area contributed by atoms with E-state index in [1.165, 1.54) is 5.56 Å². The molecule has 0 bridgehead atoms. The molecule has 138 valence electrons. The molecule has 6 nitrogen and oxygen atoms in total. The fourth-order valence-corrected chi connectivity index (χ4v) is 2.18. The summed E-state index contributed by atoms with van der Waals surface area (Å²) in [5.41, 5.74) is 1.75. The minimum Gasteiger partial charge on any atom is -0.497 e. The standard InChI is InChI=1S/C20H23NO5/c1-14(2)15-7-9-17(10-8-15)25-13-20(23)26-12-19(22)21-16-5-4-6-18(11-16)24-3/h4-11,14H,12-13H2,1-3H3,(H,21,22). The van der Waals surface area contributed by atoms with E-state index in [4.69, 9.17) is 14.2 Å². The van der Waals surface area contributed by atoms with Gasteiger partial charge in [-0.1, -0.05) is 32.0 Å². The maximum Gasteiger partial charge on any atom is 0.344 e. The summed E-state index contributed by atoms with van der Waals surface area (Å²) in [7, 11) is 1.54. The number of anilines is 1. The smallest absolute Gasteiger partial charge is 0.344 e. The van der Waals surface area contributed by atoms with Crippen molar-refractivity contribution in [2.45, 2.75) is 19.8 Å². The monoisotopic (exact) mass is 357 g/mol. The average molecular weight is 357 g/mol. The van der Waals surface area contributed by atoms with Gasteiger partial charge >= 0.3 is 5.97 Å². The van der Waals surface area contributed by atoms with Gasteiger partial charge in [0.05, 0.1) is 7.11 Å². The molecule has 0 fully saturated rings. The molecule has 0 unspecified atom stereocenters. The summed E-state index contributed by atoms with van der Waals surface area (Å²) in [4.78, 5) is 23.5. The lowest BCUT2D eigenvalue weighted by molar-refractivity contribution is -0.149. The molecule has 26 heavy (non-hydrogen) atoms. The first-order chi connectivity index (χ1) is 12.5. The number of hydrogen-bond acceptors (Lipinski definition) is 5. The zero-order chi connectivity index (χ0) is 18.9. The number of carbonyl (C=O) groups excluding carboxylic acids is 2. The van der Waals surface area contributed by atoms with E-state index in [0.29, 0.717) is 23.1 Å². The number of nitrogens with one attached hydrogen (secondary N) is 1. The molecule has 2 rings (SSSR count). The normalized spacial score (nSPS) is 10.3. The van der Waals surface area contributed by atoms with Gasteiger partial charge in [0.1, 0.15) is 11.5 Å². The lowest BCUT2D eigenvalue weighted by Gasteiger charge is -2.10. The zero-order valence-corrected chi connectivity index (χ0v) is 15.2. The molecule has 2 aromatic carbocycles. The van der Waals surface area contributed by atoms with Gasteiger partial charge in [-0.05, 0) is 35.7 Å². The van der Waals surface area contributed by atoms with Crippen molar-refractivity contribution in [2.75, 3.05) is 25.6 Å². The summed E-state index contributed by atoms with van der Waals surface area (Å²) < 4.78 is 15.3. The fraction of sp³-hybridized carbons (Fsp3) is 0.300. The zero-order valence-electron chi connectivity index (χ0n) is 15.2. The van der Waals surface area contributed by atoms with Crippen LogP contribution in [0.4, 0.5) is 5.69 Å². The van der Waals surface area contributed by atoms with Crippen molar-refractivity contribution < 1.29 is 23.8 Å². The van der Waals surface area contributed by atoms with Crippen LogP contribution < -0.4 is 14.8 Å². The molecule has 1 N–H and O–H groups in total. The van der Waals surface area contributed by atoms with Crippen molar-refractivity contribution in [3.8, 4) is 11.5 Å². The summed E-state index contributed by atoms with van der Waals surface area (Å²) in [6, 6.07) is 14.4. The van der Waals surface area contributed by atoms with Gasteiger partial charge in [0.25, 0.3) is 5.91 Å². The van der Waals surface area contributed by atoms with E-state index >= 15 is 0 Å². The number of methoxy groups -OCH3 is 1. The average Bonchev–Trinajstić information content (AvgIpc) is 2.65. The molecule has 6 heteroatoms. The maximum atomic E-state index is 11.8. The summed E-state index contributed by atoms with van der Waals surface area (Å²) in [6.45, 7) is 3.56. The minimum absolute atomic E-state index is 0.256. The van der Waals surface area contributed by atoms with E-state index in [0.717, 1.165) is 0 Å². The van der Waals surface area contributed by atoms with Gasteiger partial charge in [0.15, 0.2) is 13.2 Å². The van der Waals surface area contributed by atoms with Crippen LogP contribution in [-0.2, 0) is 14.3 Å². The summed E-state index contributed by atoms with van der Waals surface area (Å²) in [5, 5.41) is 2.63. The largest absolute Gasteiger partial charge is 0.497 e. The predicted molar refractivity (Wildman–Crippen MR) is 98.6 cm³/mol. The van der Waals surface area contributed by atoms with Gasteiger partial charge < -0.3 is 19.5 Å². The Morgan fingerprint density at radius 3 is 2.38 bits per heavy atom. The second kappa shape index (κ2) is 9.46. The Morgan fingerprint density at radius 1 is 1.00 bits per heavy atom. The highest BCUT2D eigenvalue weighted by Crippen LogP contribution is 2.18. The molecule has 0 atom stereocenters. The van der Waals surface area contributed by atoms with Gasteiger partial charge in [-0.25, -0.2) is 4.79 Å². The Balaban J connectivity index is 1.73. The van der Waals surface area contributed by atoms with Crippen LogP contribution in [0.3, 0.4) is 0 Å². The minimum atomic E-state index is -0.612. The number of carbonyl (C=O) groups is 2. The first-order valence-corrected chi connectivity index (χ1v) is 8.30. The summed E-state index contributed by atoms with van der Waals surface area (Å²) in [6.07, 6.45) is 0. The number of rotatable bonds is 8. The Kier molecular flexibility index (Phi) is 7.02. The van der Waals surface area contributed by atoms with Crippen LogP contribution in [0.5, 0.6) is 11.5 Å². The van der Waals surface area contributed by atoms with Crippen LogP contribution >= 0.6 is 0 Å². The van der Waals surface area contributed by atoms with Crippen molar-refractivity contribution in [1.29, 1.82) is 0 Å². The van der Waals surface area contributed by atoms with E-state index in [9.17, 15) is 9.59 Å². The number of hydrogen-bond donors (Lipinski definition) is 1. The van der Waals surface area contributed by atoms with Crippen molar-refractivity contribution >= 4 is 17.6 Å². The maximum absolute atomic E-state index is 11.8. The molecule has 0 aliphatic carbocycles. The van der Waals surface area contributed by atoms with Gasteiger partial charge in [-0.3, -0.25) is 4.79 Å². The summed E-state index contributed by atoms with van der Waals surface area (Å²) in [5.74, 6) is 0.576. The van der Waals surface area contributed by atoms with Gasteiger partial charge in [0.2, 0.25) is 0 Å². The first-order valence-electron chi connectivity index (χ1n) is 8.30. The highest BCUT2D eigenvalue weighted by atomic mass is 16.6. The van der Waals surface area contributed by atoms with E-state index in [-0.39, 0.29) is 13.2 Å². The molecule has 0 aliphatic rings. The highest BCUT2D eigenvalue weighted by Gasteiger charge is 2.09. The molecule has 0 aromatic heterocycles. The van der Waals surface area contributed by atoms with E-state index in [1.807, 2.05) is 12.1 Å². The number of esters is 1. The third kappa shape index (κ3) is 6.12. The molecule has 1 amide bonds. The van der Waals surface area contributed by atoms with Crippen LogP contribution in [0.1, 0.15) is 25.3 Å². The third-order valence-corrected chi connectivity index (χ3v) is 3.62. The van der Waals surface area contributed by atoms with Gasteiger partial charge in [-0.2, -0.15) is 0 Å². The van der Waals surface area contributed by atoms with Crippen molar-refractivity contribution in [2.24, 2.45) is 0 Å². The summed E-state index contributed by atoms with van der Waals surface area (Å²) >= 11 is 0. The first kappa shape index (κ1) is 19.3. The predicted octanol–water partition coefficient (Wildman–Crippen LogP) is 3.38. The molecule has 0 spiro atoms. The lowest BCUT2D eigenvalue weighted by Crippen LogP contribution is -2.23. The molecule has 0 saturated heterocycles. The van der Waals surface area contributed by atoms with E-state index < -0.39 is 11.9 Å². The molecule has 0 saturated carbocycles. The molecular formula is C20H23NO5. The number of amides is 1. The molecule has 0 heterocycles. The Hall–Kier alpha value is -3.02. The topological polar surface area (TPSA) is 73.9 Å². The second-order valence-electron chi connectivity index (χ2n) is 5.95. The van der Waals surface area contributed by atoms with Crippen molar-refractivity contribution in [1.82, 2.24) is 0 Å². The van der Waals surface area contributed by atoms with Gasteiger partial charge in [0, 0.05) is 11.8 Å². The highest BCUT2D eigenvalue weighted by molar-refractivity contribution is 5.93. The number of benzene rings is 2. The van der Waals surface area contributed by atoms with Crippen LogP contribution in [0.15, 0.2) is 48.5 Å². The fourth-order valence-electron chi connectivity index (χ4n) is 2.18. The SMILES string of the molecule is COc1cccc(NC(=O)COC(=O)COc2ccc(C(C)C)cc2)c1. The van der Waals surface area contributed by atoms with E-state index in [1.54, 1.807) is 43.5 Å². The second-order valence-corrected chi connectivity index (χ2v) is 5.95. The molecule has 2 aromatic rings. The molecule has 0 radical (unpaired) electrons. The Morgan fingerprint density at radius 2 is 1.73 bits per heavy atom. The van der Waals surface area contributed by atoms with Crippen LogP contribution in [0.2, 0.25) is 0 Å². The van der Waals surface area contributed by atoms with E-state index in [2.05, 4.69) is 19.2 Å². The third-order valence-electron chi connectivity index (χ3n) is 3.62. The Bertz CT molecular complexity index is 740. The van der Waals surface area contributed by atoms with Gasteiger partial charge in [-0.15, -0.1) is 0 Å².